The summed E-state index contributed by atoms with van der Waals surface area (Å²) in [6.45, 7) is 5.63. The predicted octanol–water partition coefficient (Wildman–Crippen LogP) is 5.77. The molecule has 3 aliphatic rings. The van der Waals surface area contributed by atoms with E-state index in [9.17, 15) is 9.59 Å². The van der Waals surface area contributed by atoms with Crippen molar-refractivity contribution in [3.63, 3.8) is 0 Å². The summed E-state index contributed by atoms with van der Waals surface area (Å²) in [6, 6.07) is 17.5. The van der Waals surface area contributed by atoms with Gasteiger partial charge in [0.15, 0.2) is 0 Å². The van der Waals surface area contributed by atoms with E-state index in [1.165, 1.54) is 24.8 Å². The fourth-order valence-electron chi connectivity index (χ4n) is 6.56. The number of piperidine rings is 1. The number of benzene rings is 2. The van der Waals surface area contributed by atoms with Gasteiger partial charge >= 0.3 is 0 Å². The lowest BCUT2D eigenvalue weighted by atomic mass is 9.80. The Hall–Kier alpha value is -2.86. The zero-order valence-corrected chi connectivity index (χ0v) is 22.8. The zero-order valence-electron chi connectivity index (χ0n) is 22.8. The van der Waals surface area contributed by atoms with Gasteiger partial charge in [-0.2, -0.15) is 0 Å². The van der Waals surface area contributed by atoms with Crippen LogP contribution in [0.4, 0.5) is 0 Å². The first kappa shape index (κ1) is 26.7. The third kappa shape index (κ3) is 6.40. The van der Waals surface area contributed by atoms with Crippen LogP contribution in [-0.4, -0.2) is 53.3 Å². The molecule has 2 amide bonds. The van der Waals surface area contributed by atoms with E-state index in [4.69, 9.17) is 4.74 Å². The molecule has 2 atom stereocenters. The van der Waals surface area contributed by atoms with Crippen molar-refractivity contribution in [2.45, 2.75) is 83.3 Å². The van der Waals surface area contributed by atoms with Crippen molar-refractivity contribution >= 4 is 11.8 Å². The number of ether oxygens (including phenoxy) is 1. The molecular formula is C32H43N3O3. The number of piperazine rings is 1. The number of amides is 2. The van der Waals surface area contributed by atoms with Crippen LogP contribution >= 0.6 is 0 Å². The molecule has 204 valence electrons. The van der Waals surface area contributed by atoms with Crippen LogP contribution in [0, 0.1) is 11.8 Å². The van der Waals surface area contributed by atoms with Gasteiger partial charge in [0.2, 0.25) is 11.8 Å². The smallest absolute Gasteiger partial charge is 0.246 e. The second kappa shape index (κ2) is 12.8. The molecule has 6 nitrogen and oxygen atoms in total. The molecule has 2 unspecified atom stereocenters. The van der Waals surface area contributed by atoms with E-state index in [1.807, 2.05) is 47.4 Å². The quantitative estimate of drug-likeness (QED) is 0.459. The fourth-order valence-corrected chi connectivity index (χ4v) is 6.56. The number of rotatable bonds is 9. The lowest BCUT2D eigenvalue weighted by Crippen LogP contribution is -2.67. The maximum atomic E-state index is 13.7. The summed E-state index contributed by atoms with van der Waals surface area (Å²) in [4.78, 5) is 31.6. The molecule has 1 saturated carbocycles. The number of hydrogen-bond donors (Lipinski definition) is 1. The molecule has 2 aromatic rings. The van der Waals surface area contributed by atoms with Crippen molar-refractivity contribution < 1.29 is 14.3 Å². The van der Waals surface area contributed by atoms with E-state index in [2.05, 4.69) is 29.3 Å². The summed E-state index contributed by atoms with van der Waals surface area (Å²) in [5, 5.41) is 3.21. The Morgan fingerprint density at radius 1 is 0.842 bits per heavy atom. The Bertz CT molecular complexity index is 1040. The summed E-state index contributed by atoms with van der Waals surface area (Å²) < 4.78 is 5.92. The van der Waals surface area contributed by atoms with E-state index < -0.39 is 0 Å². The Kier molecular flexibility index (Phi) is 9.00. The van der Waals surface area contributed by atoms with Crippen LogP contribution in [0.15, 0.2) is 54.6 Å². The molecule has 38 heavy (non-hydrogen) atoms. The number of nitrogens with one attached hydrogen (secondary N) is 1. The molecule has 1 N–H and O–H groups in total. The van der Waals surface area contributed by atoms with E-state index in [0.29, 0.717) is 12.5 Å². The molecule has 5 rings (SSSR count). The zero-order chi connectivity index (χ0) is 26.3. The Morgan fingerprint density at radius 3 is 2.21 bits per heavy atom. The molecule has 6 heteroatoms. The van der Waals surface area contributed by atoms with Gasteiger partial charge in [0.1, 0.15) is 23.6 Å². The highest BCUT2D eigenvalue weighted by Gasteiger charge is 2.46. The van der Waals surface area contributed by atoms with Gasteiger partial charge in [0.05, 0.1) is 0 Å². The summed E-state index contributed by atoms with van der Waals surface area (Å²) in [6.07, 6.45) is 9.57. The van der Waals surface area contributed by atoms with E-state index in [1.54, 1.807) is 0 Å². The highest BCUT2D eigenvalue weighted by molar-refractivity contribution is 5.97. The van der Waals surface area contributed by atoms with Crippen molar-refractivity contribution in [1.82, 2.24) is 15.1 Å². The van der Waals surface area contributed by atoms with Crippen LogP contribution in [0.25, 0.3) is 0 Å². The lowest BCUT2D eigenvalue weighted by Gasteiger charge is -2.46. The number of para-hydroxylation sites is 1. The number of carbonyl (C=O) groups excluding carboxylic acids is 2. The van der Waals surface area contributed by atoms with Crippen molar-refractivity contribution in [3.8, 4) is 11.5 Å². The highest BCUT2D eigenvalue weighted by atomic mass is 16.5. The molecule has 3 fully saturated rings. The van der Waals surface area contributed by atoms with Gasteiger partial charge < -0.3 is 15.0 Å². The lowest BCUT2D eigenvalue weighted by molar-refractivity contribution is -0.154. The van der Waals surface area contributed by atoms with Crippen LogP contribution < -0.4 is 10.1 Å². The first-order valence-corrected chi connectivity index (χ1v) is 14.8. The van der Waals surface area contributed by atoms with Gasteiger partial charge in [-0.05, 0) is 86.9 Å². The first-order valence-electron chi connectivity index (χ1n) is 14.8. The van der Waals surface area contributed by atoms with Crippen molar-refractivity contribution in [2.75, 3.05) is 19.6 Å². The van der Waals surface area contributed by atoms with Gasteiger partial charge in [-0.3, -0.25) is 14.5 Å². The number of unbranched alkanes of at least 4 members (excludes halogenated alkanes) is 1. The molecule has 2 aliphatic heterocycles. The van der Waals surface area contributed by atoms with Gasteiger partial charge in [-0.1, -0.05) is 62.9 Å². The SMILES string of the molecule is CCCCN1C(=O)C(C2CCCCC2)NC(=O)C1C1CCN(Cc2ccc(Oc3ccccc3)cc2)CC1. The van der Waals surface area contributed by atoms with Gasteiger partial charge in [-0.15, -0.1) is 0 Å². The molecule has 1 aliphatic carbocycles. The Balaban J connectivity index is 1.17. The van der Waals surface area contributed by atoms with Crippen LogP contribution in [0.5, 0.6) is 11.5 Å². The number of carbonyl (C=O) groups is 2. The average molecular weight is 518 g/mol. The van der Waals surface area contributed by atoms with Crippen LogP contribution in [0.3, 0.4) is 0 Å². The standard InChI is InChI=1S/C32H43N3O3/c1-2-3-20-35-30(31(36)33-29(32(35)37)25-10-6-4-7-11-25)26-18-21-34(22-19-26)23-24-14-16-28(17-15-24)38-27-12-8-5-9-13-27/h5,8-9,12-17,25-26,29-30H,2-4,6-7,10-11,18-23H2,1H3,(H,33,36). The normalized spacial score (nSPS) is 23.9. The monoisotopic (exact) mass is 517 g/mol. The average Bonchev–Trinajstić information content (AvgIpc) is 2.96. The Labute approximate surface area is 227 Å². The number of likely N-dealkylation sites (tertiary alicyclic amines) is 1. The molecule has 0 bridgehead atoms. The maximum absolute atomic E-state index is 13.7. The molecular weight excluding hydrogens is 474 g/mol. The van der Waals surface area contributed by atoms with Crippen molar-refractivity contribution in [1.29, 1.82) is 0 Å². The summed E-state index contributed by atoms with van der Waals surface area (Å²) in [5.74, 6) is 2.47. The van der Waals surface area contributed by atoms with Gasteiger partial charge in [-0.25, -0.2) is 0 Å². The largest absolute Gasteiger partial charge is 0.457 e. The second-order valence-electron chi connectivity index (χ2n) is 11.4. The van der Waals surface area contributed by atoms with Crippen molar-refractivity contribution in [3.05, 3.63) is 60.2 Å². The van der Waals surface area contributed by atoms with Crippen LogP contribution in [-0.2, 0) is 16.1 Å². The molecule has 0 radical (unpaired) electrons. The molecule has 2 saturated heterocycles. The van der Waals surface area contributed by atoms with E-state index >= 15 is 0 Å². The number of hydrogen-bond acceptors (Lipinski definition) is 4. The topological polar surface area (TPSA) is 61.9 Å². The van der Waals surface area contributed by atoms with Crippen LogP contribution in [0.1, 0.15) is 70.3 Å². The van der Waals surface area contributed by atoms with Crippen LogP contribution in [0.2, 0.25) is 0 Å². The first-order chi connectivity index (χ1) is 18.6. The van der Waals surface area contributed by atoms with E-state index in [0.717, 1.165) is 69.7 Å². The summed E-state index contributed by atoms with van der Waals surface area (Å²) in [7, 11) is 0. The fraction of sp³-hybridized carbons (Fsp3) is 0.562. The van der Waals surface area contributed by atoms with E-state index in [-0.39, 0.29) is 29.8 Å². The van der Waals surface area contributed by atoms with Crippen molar-refractivity contribution in [2.24, 2.45) is 11.8 Å². The maximum Gasteiger partial charge on any atom is 0.246 e. The minimum atomic E-state index is -0.315. The predicted molar refractivity (Wildman–Crippen MR) is 150 cm³/mol. The third-order valence-electron chi connectivity index (χ3n) is 8.71. The summed E-state index contributed by atoms with van der Waals surface area (Å²) >= 11 is 0. The molecule has 0 spiro atoms. The van der Waals surface area contributed by atoms with Gasteiger partial charge in [0.25, 0.3) is 0 Å². The molecule has 2 aromatic carbocycles. The van der Waals surface area contributed by atoms with Gasteiger partial charge in [0, 0.05) is 13.1 Å². The molecule has 0 aromatic heterocycles. The number of nitrogens with zero attached hydrogens (tertiary/aromatic N) is 2. The minimum Gasteiger partial charge on any atom is -0.457 e. The summed E-state index contributed by atoms with van der Waals surface area (Å²) in [5.41, 5.74) is 1.26. The minimum absolute atomic E-state index is 0.0868. The Morgan fingerprint density at radius 2 is 1.53 bits per heavy atom. The third-order valence-corrected chi connectivity index (χ3v) is 8.71. The molecule has 2 heterocycles. The second-order valence-corrected chi connectivity index (χ2v) is 11.4. The highest BCUT2D eigenvalue weighted by Crippen LogP contribution is 2.33.